The second-order valence-corrected chi connectivity index (χ2v) is 32.6. The second kappa shape index (κ2) is 66.6. The summed E-state index contributed by atoms with van der Waals surface area (Å²) in [4.78, 5) is 285. The van der Waals surface area contributed by atoms with Crippen molar-refractivity contribution in [3.63, 3.8) is 0 Å². The number of aliphatic hydroxyl groups excluding tert-OH is 4. The molecule has 0 bridgehead atoms. The second-order valence-electron chi connectivity index (χ2n) is 31.1. The molecule has 0 saturated carbocycles. The van der Waals surface area contributed by atoms with Crippen molar-refractivity contribution in [2.45, 2.75) is 241 Å². The van der Waals surface area contributed by atoms with Crippen LogP contribution in [0, 0.1) is 11.8 Å². The van der Waals surface area contributed by atoms with Gasteiger partial charge in [0.05, 0.1) is 45.6 Å². The lowest BCUT2D eigenvalue weighted by Crippen LogP contribution is -2.62. The lowest BCUT2D eigenvalue weighted by atomic mass is 10.0. The summed E-state index contributed by atoms with van der Waals surface area (Å²) in [5.41, 5.74) is 38.8. The molecule has 756 valence electrons. The number of nitrogens with one attached hydrogen (secondary N) is 19. The van der Waals surface area contributed by atoms with E-state index in [4.69, 9.17) is 40.1 Å². The lowest BCUT2D eigenvalue weighted by molar-refractivity contribution is -0.142. The number of nitrogens with zero attached hydrogens (tertiary/aromatic N) is 1. The molecule has 0 aliphatic carbocycles. The van der Waals surface area contributed by atoms with Crippen LogP contribution in [0.1, 0.15) is 132 Å². The maximum Gasteiger partial charge on any atom is 0.327 e. The zero-order valence-electron chi connectivity index (χ0n) is 75.2. The molecule has 0 aromatic heterocycles. The predicted molar refractivity (Wildman–Crippen MR) is 492 cm³/mol. The third-order valence-electron chi connectivity index (χ3n) is 19.5. The van der Waals surface area contributed by atoms with Gasteiger partial charge in [0.1, 0.15) is 103 Å². The third kappa shape index (κ3) is 47.6. The zero-order chi connectivity index (χ0) is 101. The molecule has 57 heteroatoms. The van der Waals surface area contributed by atoms with E-state index in [-0.39, 0.29) is 95.0 Å². The molecule has 0 spiro atoms. The molecular weight excluding hydrogens is 1840 g/mol. The van der Waals surface area contributed by atoms with Gasteiger partial charge in [0.25, 0.3) is 0 Å². The Morgan fingerprint density at radius 1 is 0.301 bits per heavy atom. The number of carbonyl (C=O) groups excluding carboxylic acids is 20. The Morgan fingerprint density at radius 3 is 0.947 bits per heavy atom. The summed E-state index contributed by atoms with van der Waals surface area (Å²) in [6, 6.07) is -27.0. The van der Waals surface area contributed by atoms with E-state index in [2.05, 4.69) is 157 Å². The van der Waals surface area contributed by atoms with Crippen LogP contribution in [0.3, 0.4) is 0 Å². The van der Waals surface area contributed by atoms with Crippen LogP contribution in [0.15, 0.2) is 4.99 Å². The molecule has 0 aliphatic heterocycles. The molecule has 0 aliphatic rings. The first-order valence-corrected chi connectivity index (χ1v) is 45.2. The summed E-state index contributed by atoms with van der Waals surface area (Å²) in [6.07, 6.45) is -1.94. The van der Waals surface area contributed by atoms with E-state index in [1.165, 1.54) is 27.7 Å². The van der Waals surface area contributed by atoms with E-state index in [1.54, 1.807) is 13.8 Å². The molecule has 0 radical (unpaired) electrons. The summed E-state index contributed by atoms with van der Waals surface area (Å²) in [5, 5.41) is 95.3. The minimum Gasteiger partial charge on any atom is -0.480 e. The van der Waals surface area contributed by atoms with Gasteiger partial charge in [-0.15, -0.1) is 0 Å². The minimum absolute atomic E-state index is 0.00102. The van der Waals surface area contributed by atoms with E-state index >= 15 is 0 Å². The number of carboxylic acids is 1. The summed E-state index contributed by atoms with van der Waals surface area (Å²) in [5.74, 6) is -25.3. The number of aliphatic imine (C=N–C) groups is 1. The predicted octanol–water partition coefficient (Wildman–Crippen LogP) is -15.4. The molecule has 0 fully saturated rings. The highest BCUT2D eigenvalue weighted by Crippen LogP contribution is 2.13. The lowest BCUT2D eigenvalue weighted by Gasteiger charge is -2.28. The molecule has 0 aromatic rings. The van der Waals surface area contributed by atoms with Crippen LogP contribution in [0.5, 0.6) is 0 Å². The van der Waals surface area contributed by atoms with Crippen molar-refractivity contribution < 1.29 is 126 Å². The highest BCUT2D eigenvalue weighted by molar-refractivity contribution is 7.80. The van der Waals surface area contributed by atoms with Gasteiger partial charge in [-0.1, -0.05) is 27.7 Å². The number of primary amides is 1. The largest absolute Gasteiger partial charge is 0.480 e. The number of carboxylic acid groups (broad SMARTS) is 1. The fourth-order valence-corrected chi connectivity index (χ4v) is 12.7. The van der Waals surface area contributed by atoms with E-state index in [1.807, 2.05) is 0 Å². The zero-order valence-corrected chi connectivity index (χ0v) is 78.8. The number of aliphatic hydroxyl groups is 4. The van der Waals surface area contributed by atoms with Gasteiger partial charge in [0.15, 0.2) is 5.96 Å². The minimum atomic E-state index is -1.96. The van der Waals surface area contributed by atoms with Gasteiger partial charge >= 0.3 is 5.97 Å². The topological polar surface area (TPSA) is 883 Å². The summed E-state index contributed by atoms with van der Waals surface area (Å²) < 4.78 is 0. The van der Waals surface area contributed by atoms with Crippen molar-refractivity contribution in [2.24, 2.45) is 57.0 Å². The Morgan fingerprint density at radius 2 is 0.586 bits per heavy atom. The molecule has 38 N–H and O–H groups in total. The number of rotatable bonds is 68. The number of guanidine groups is 1. The molecule has 0 rings (SSSR count). The van der Waals surface area contributed by atoms with Crippen molar-refractivity contribution in [2.75, 3.05) is 88.6 Å². The smallest absolute Gasteiger partial charge is 0.327 e. The standard InChI is InChI=1S/C76H137N27O26S4/c1-35(2)56(102-64(117)41(16-9-12-22-78)90-59(112)37(5)87-69(122)48(31-130)89-54(110)26-85-53(109)25-80)72(125)88-38(6)60(113)91-43(18-14-24-84-76(82)83)62(115)98-49(32-131)70(123)95-45(28-104)66(119)93-44(19-20-52(81)108)63(116)92-40(15-8-11-21-77)61(114)86-27-55(111)101-58(39(7)107)74(127)94-42(17-10-13-23-79)65(118)103-57(36(3)4)73(126)97-47(30-106)67(120)99-50(33-132)71(124)96-46(29-105)68(121)100-51(34-133)75(128)129/h35-51,56-58,104-107,130-133H,8-34,77-80H2,1-7H3,(H2,81,108)(H,85,109)(H,86,114)(H,87,122)(H,88,125)(H,89,110)(H,90,112)(H,91,113)(H,92,116)(H,93,119)(H,94,127)(H,95,123)(H,96,124)(H,97,126)(H,98,115)(H,99,120)(H,100,121)(H,101,111)(H,102,117)(H,103,118)(H,128,129)(H4,82,83,84)/t37-,38-,39+,40-,41-,42-,43-,44-,45-,46-,47-,48-,49-,50-,51-,56-,57-,58-/m0/s1. The number of hydrogen-bond donors (Lipinski definition) is 35. The van der Waals surface area contributed by atoms with E-state index in [9.17, 15) is 126 Å². The molecule has 0 heterocycles. The first kappa shape index (κ1) is 122. The summed E-state index contributed by atoms with van der Waals surface area (Å²) in [7, 11) is 0. The Kier molecular flexibility index (Phi) is 61.2. The molecule has 0 aromatic carbocycles. The highest BCUT2D eigenvalue weighted by Gasteiger charge is 2.40. The van der Waals surface area contributed by atoms with Crippen LogP contribution in [-0.4, -0.2) is 353 Å². The molecule has 53 nitrogen and oxygen atoms in total. The molecule has 20 amide bonds. The van der Waals surface area contributed by atoms with Crippen molar-refractivity contribution in [3.05, 3.63) is 0 Å². The average molecular weight is 1970 g/mol. The van der Waals surface area contributed by atoms with Crippen LogP contribution < -0.4 is 141 Å². The average Bonchev–Trinajstić information content (AvgIpc) is 0.985. The summed E-state index contributed by atoms with van der Waals surface area (Å²) >= 11 is 16.2. The molecular formula is C76H137N27O26S4. The van der Waals surface area contributed by atoms with E-state index in [0.29, 0.717) is 19.3 Å². The number of unbranched alkanes of at least 4 members (excludes halogenated alkanes) is 3. The van der Waals surface area contributed by atoms with E-state index in [0.717, 1.165) is 6.92 Å². The SMILES string of the molecule is CC(C)[C@H](NC(=O)[C@H](CCCCN)NC(=O)[C@H](C)NC(=O)[C@H](CS)NC(=O)CNC(=O)CN)C(=O)N[C@@H](C)C(=O)N[C@@H](CCCN=C(N)N)C(=O)N[C@@H](CS)C(=O)N[C@@H](CO)C(=O)N[C@@H](CCC(N)=O)C(=O)N[C@@H](CCCCN)C(=O)NCC(=O)N[C@H](C(=O)N[C@@H](CCCCN)C(=O)N[C@H](C(=O)N[C@@H](CO)C(=O)N[C@@H](CS)C(=O)N[C@@H](CO)C(=O)N[C@@H](CS)C(=O)O)C(C)C)[C@@H](C)O. The van der Waals surface area contributed by atoms with Gasteiger partial charge in [0.2, 0.25) is 118 Å². The number of hydrogen-bond acceptors (Lipinski definition) is 34. The maximum absolute atomic E-state index is 14.2. The number of thiol groups is 4. The molecule has 0 unspecified atom stereocenters. The Bertz CT molecular complexity index is 3900. The quantitative estimate of drug-likeness (QED) is 0.0116. The van der Waals surface area contributed by atoms with Crippen molar-refractivity contribution in [3.8, 4) is 0 Å². The highest BCUT2D eigenvalue weighted by atomic mass is 32.1. The fraction of sp³-hybridized carbons (Fsp3) is 0.711. The third-order valence-corrected chi connectivity index (χ3v) is 20.9. The summed E-state index contributed by atoms with van der Waals surface area (Å²) in [6.45, 7) is 4.81. The molecule has 18 atom stereocenters. The Balaban J connectivity index is 6.68. The van der Waals surface area contributed by atoms with Gasteiger partial charge in [0, 0.05) is 36.0 Å². The van der Waals surface area contributed by atoms with Crippen LogP contribution in [0.2, 0.25) is 0 Å². The van der Waals surface area contributed by atoms with Crippen LogP contribution in [0.25, 0.3) is 0 Å². The van der Waals surface area contributed by atoms with Crippen LogP contribution >= 0.6 is 50.5 Å². The first-order valence-electron chi connectivity index (χ1n) is 42.6. The Labute approximate surface area is 790 Å². The van der Waals surface area contributed by atoms with Gasteiger partial charge in [-0.05, 0) is 129 Å². The number of aliphatic carboxylic acids is 1. The maximum atomic E-state index is 14.2. The monoisotopic (exact) mass is 1970 g/mol. The number of amides is 20. The number of carbonyl (C=O) groups is 21. The Hall–Kier alpha value is -10.8. The normalized spacial score (nSPS) is 15.1. The van der Waals surface area contributed by atoms with Crippen LogP contribution in [0.4, 0.5) is 0 Å². The van der Waals surface area contributed by atoms with Crippen molar-refractivity contribution >= 4 is 181 Å². The van der Waals surface area contributed by atoms with Crippen LogP contribution in [-0.2, 0) is 101 Å². The van der Waals surface area contributed by atoms with Gasteiger partial charge in [-0.3, -0.25) is 101 Å². The van der Waals surface area contributed by atoms with Crippen molar-refractivity contribution in [1.82, 2.24) is 101 Å². The fourth-order valence-electron chi connectivity index (χ4n) is 11.7. The first-order chi connectivity index (χ1) is 62.6. The van der Waals surface area contributed by atoms with Gasteiger partial charge in [-0.25, -0.2) is 4.79 Å². The number of nitrogens with two attached hydrogens (primary N) is 7. The van der Waals surface area contributed by atoms with E-state index < -0.39 is 309 Å². The molecule has 133 heavy (non-hydrogen) atoms. The molecule has 0 saturated heterocycles. The van der Waals surface area contributed by atoms with Gasteiger partial charge < -0.3 is 167 Å². The van der Waals surface area contributed by atoms with Gasteiger partial charge in [-0.2, -0.15) is 50.5 Å². The van der Waals surface area contributed by atoms with Crippen molar-refractivity contribution in [1.29, 1.82) is 0 Å².